The monoisotopic (exact) mass is 251 g/mol. The van der Waals surface area contributed by atoms with Crippen molar-refractivity contribution < 1.29 is 4.74 Å². The summed E-state index contributed by atoms with van der Waals surface area (Å²) in [7, 11) is 3.74. The van der Waals surface area contributed by atoms with E-state index >= 15 is 0 Å². The Bertz CT molecular complexity index is 324. The summed E-state index contributed by atoms with van der Waals surface area (Å²) in [5.41, 5.74) is 1.22. The van der Waals surface area contributed by atoms with Gasteiger partial charge in [-0.3, -0.25) is 0 Å². The molecule has 1 aromatic rings. The van der Waals surface area contributed by atoms with Gasteiger partial charge in [0.05, 0.1) is 6.61 Å². The van der Waals surface area contributed by atoms with Crippen LogP contribution in [0, 0.1) is 5.92 Å². The molecule has 0 aliphatic heterocycles. The van der Waals surface area contributed by atoms with Crippen LogP contribution in [0.4, 0.5) is 5.82 Å². The topological polar surface area (TPSA) is 37.4 Å². The fourth-order valence-corrected chi connectivity index (χ4v) is 1.60. The first-order chi connectivity index (χ1) is 8.63. The first-order valence-electron chi connectivity index (χ1n) is 6.49. The number of aromatic nitrogens is 1. The number of hydrogen-bond acceptors (Lipinski definition) is 4. The molecule has 0 atom stereocenters. The van der Waals surface area contributed by atoms with E-state index in [9.17, 15) is 0 Å². The number of ether oxygens (including phenoxy) is 1. The van der Waals surface area contributed by atoms with E-state index in [0.29, 0.717) is 5.92 Å². The van der Waals surface area contributed by atoms with Crippen molar-refractivity contribution >= 4 is 5.82 Å². The van der Waals surface area contributed by atoms with Gasteiger partial charge in [-0.1, -0.05) is 19.9 Å². The molecule has 4 heteroatoms. The molecule has 0 radical (unpaired) electrons. The van der Waals surface area contributed by atoms with E-state index in [4.69, 9.17) is 4.74 Å². The maximum Gasteiger partial charge on any atom is 0.128 e. The Hall–Kier alpha value is -1.13. The molecule has 0 aliphatic rings. The van der Waals surface area contributed by atoms with Gasteiger partial charge < -0.3 is 15.0 Å². The number of methoxy groups -OCH3 is 1. The number of likely N-dealkylation sites (N-methyl/N-ethyl adjacent to an activating group) is 1. The first kappa shape index (κ1) is 14.9. The van der Waals surface area contributed by atoms with Gasteiger partial charge in [0.1, 0.15) is 5.82 Å². The molecule has 0 saturated heterocycles. The summed E-state index contributed by atoms with van der Waals surface area (Å²) >= 11 is 0. The largest absolute Gasteiger partial charge is 0.383 e. The molecule has 0 fully saturated rings. The zero-order chi connectivity index (χ0) is 13.4. The Balaban J connectivity index is 2.41. The van der Waals surface area contributed by atoms with Gasteiger partial charge in [-0.25, -0.2) is 4.98 Å². The maximum absolute atomic E-state index is 5.05. The Labute approximate surface area is 110 Å². The van der Waals surface area contributed by atoms with Crippen LogP contribution in [-0.4, -0.2) is 38.8 Å². The van der Waals surface area contributed by atoms with Crippen molar-refractivity contribution in [2.24, 2.45) is 5.92 Å². The molecule has 1 aromatic heterocycles. The molecule has 1 N–H and O–H groups in total. The molecule has 4 nitrogen and oxygen atoms in total. The van der Waals surface area contributed by atoms with Crippen LogP contribution in [0.15, 0.2) is 18.3 Å². The summed E-state index contributed by atoms with van der Waals surface area (Å²) in [5, 5.41) is 3.41. The highest BCUT2D eigenvalue weighted by molar-refractivity contribution is 5.38. The maximum atomic E-state index is 5.05. The van der Waals surface area contributed by atoms with Crippen molar-refractivity contribution in [3.63, 3.8) is 0 Å². The second-order valence-electron chi connectivity index (χ2n) is 4.96. The molecule has 0 aliphatic carbocycles. The van der Waals surface area contributed by atoms with Gasteiger partial charge in [0, 0.05) is 33.4 Å². The van der Waals surface area contributed by atoms with E-state index in [-0.39, 0.29) is 0 Å². The van der Waals surface area contributed by atoms with Crippen LogP contribution in [-0.2, 0) is 11.3 Å². The first-order valence-corrected chi connectivity index (χ1v) is 6.49. The highest BCUT2D eigenvalue weighted by Crippen LogP contribution is 2.09. The second kappa shape index (κ2) is 8.06. The number of nitrogens with zero attached hydrogens (tertiary/aromatic N) is 2. The van der Waals surface area contributed by atoms with Crippen LogP contribution in [0.5, 0.6) is 0 Å². The number of pyridine rings is 1. The lowest BCUT2D eigenvalue weighted by molar-refractivity contribution is 0.206. The zero-order valence-corrected chi connectivity index (χ0v) is 11.9. The summed E-state index contributed by atoms with van der Waals surface area (Å²) < 4.78 is 5.05. The van der Waals surface area contributed by atoms with E-state index in [0.717, 1.165) is 32.1 Å². The Morgan fingerprint density at radius 2 is 2.17 bits per heavy atom. The van der Waals surface area contributed by atoms with Gasteiger partial charge in [0.15, 0.2) is 0 Å². The third kappa shape index (κ3) is 5.47. The van der Waals surface area contributed by atoms with Crippen LogP contribution in [0.25, 0.3) is 0 Å². The fourth-order valence-electron chi connectivity index (χ4n) is 1.60. The third-order valence-electron chi connectivity index (χ3n) is 2.71. The molecule has 0 aromatic carbocycles. The van der Waals surface area contributed by atoms with Crippen molar-refractivity contribution in [1.82, 2.24) is 10.3 Å². The molecule has 1 rings (SSSR count). The molecule has 1 heterocycles. The second-order valence-corrected chi connectivity index (χ2v) is 4.96. The quantitative estimate of drug-likeness (QED) is 0.766. The molecule has 0 bridgehead atoms. The summed E-state index contributed by atoms with van der Waals surface area (Å²) in [6.07, 6.45) is 1.94. The van der Waals surface area contributed by atoms with Crippen molar-refractivity contribution in [2.45, 2.75) is 20.4 Å². The normalized spacial score (nSPS) is 10.9. The highest BCUT2D eigenvalue weighted by atomic mass is 16.5. The molecular weight excluding hydrogens is 226 g/mol. The van der Waals surface area contributed by atoms with Crippen molar-refractivity contribution in [2.75, 3.05) is 38.8 Å². The minimum atomic E-state index is 0.678. The van der Waals surface area contributed by atoms with Gasteiger partial charge in [0.25, 0.3) is 0 Å². The Kier molecular flexibility index (Phi) is 6.68. The average molecular weight is 251 g/mol. The van der Waals surface area contributed by atoms with E-state index in [1.807, 2.05) is 13.2 Å². The zero-order valence-electron chi connectivity index (χ0n) is 11.9. The predicted octanol–water partition coefficient (Wildman–Crippen LogP) is 1.91. The highest BCUT2D eigenvalue weighted by Gasteiger charge is 2.02. The SMILES string of the molecule is COCCN(C)c1ccc(CNCC(C)C)cn1. The number of anilines is 1. The van der Waals surface area contributed by atoms with Gasteiger partial charge in [-0.15, -0.1) is 0 Å². The van der Waals surface area contributed by atoms with E-state index in [2.05, 4.69) is 41.2 Å². The summed E-state index contributed by atoms with van der Waals surface area (Å²) in [6.45, 7) is 7.91. The molecule has 102 valence electrons. The van der Waals surface area contributed by atoms with Crippen LogP contribution < -0.4 is 10.2 Å². The molecule has 0 amide bonds. The smallest absolute Gasteiger partial charge is 0.128 e. The predicted molar refractivity (Wildman–Crippen MR) is 75.9 cm³/mol. The molecule has 18 heavy (non-hydrogen) atoms. The minimum absolute atomic E-state index is 0.678. The Morgan fingerprint density at radius 1 is 1.39 bits per heavy atom. The van der Waals surface area contributed by atoms with E-state index < -0.39 is 0 Å². The lowest BCUT2D eigenvalue weighted by atomic mass is 10.2. The molecule has 0 saturated carbocycles. The number of nitrogens with one attached hydrogen (secondary N) is 1. The summed E-state index contributed by atoms with van der Waals surface area (Å²) in [6, 6.07) is 4.18. The molecular formula is C14H25N3O. The molecule has 0 spiro atoms. The van der Waals surface area contributed by atoms with Crippen LogP contribution in [0.1, 0.15) is 19.4 Å². The van der Waals surface area contributed by atoms with E-state index in [1.165, 1.54) is 5.56 Å². The fraction of sp³-hybridized carbons (Fsp3) is 0.643. The summed E-state index contributed by atoms with van der Waals surface area (Å²) in [4.78, 5) is 6.55. The Morgan fingerprint density at radius 3 is 2.72 bits per heavy atom. The standard InChI is InChI=1S/C14H25N3O/c1-12(2)9-15-10-13-5-6-14(16-11-13)17(3)7-8-18-4/h5-6,11-12,15H,7-10H2,1-4H3. The van der Waals surface area contributed by atoms with Crippen molar-refractivity contribution in [3.8, 4) is 0 Å². The van der Waals surface area contributed by atoms with Gasteiger partial charge in [-0.2, -0.15) is 0 Å². The van der Waals surface area contributed by atoms with Crippen molar-refractivity contribution in [1.29, 1.82) is 0 Å². The van der Waals surface area contributed by atoms with Gasteiger partial charge in [0.2, 0.25) is 0 Å². The molecule has 0 unspecified atom stereocenters. The van der Waals surface area contributed by atoms with Crippen LogP contribution in [0.2, 0.25) is 0 Å². The van der Waals surface area contributed by atoms with Gasteiger partial charge >= 0.3 is 0 Å². The van der Waals surface area contributed by atoms with Crippen LogP contribution >= 0.6 is 0 Å². The number of rotatable bonds is 8. The third-order valence-corrected chi connectivity index (χ3v) is 2.71. The van der Waals surface area contributed by atoms with E-state index in [1.54, 1.807) is 7.11 Å². The lowest BCUT2D eigenvalue weighted by Gasteiger charge is -2.17. The summed E-state index contributed by atoms with van der Waals surface area (Å²) in [5.74, 6) is 1.66. The van der Waals surface area contributed by atoms with Crippen LogP contribution in [0.3, 0.4) is 0 Å². The van der Waals surface area contributed by atoms with Crippen molar-refractivity contribution in [3.05, 3.63) is 23.9 Å². The number of hydrogen-bond donors (Lipinski definition) is 1. The minimum Gasteiger partial charge on any atom is -0.383 e. The lowest BCUT2D eigenvalue weighted by Crippen LogP contribution is -2.23. The van der Waals surface area contributed by atoms with Gasteiger partial charge in [-0.05, 0) is 24.1 Å². The average Bonchev–Trinajstić information content (AvgIpc) is 2.36.